The van der Waals surface area contributed by atoms with Crippen molar-refractivity contribution in [2.75, 3.05) is 39.6 Å². The lowest BCUT2D eigenvalue weighted by molar-refractivity contribution is -0.140. The topological polar surface area (TPSA) is 57.1 Å². The summed E-state index contributed by atoms with van der Waals surface area (Å²) in [6.07, 6.45) is 1.73. The average Bonchev–Trinajstić information content (AvgIpc) is 2.35. The summed E-state index contributed by atoms with van der Waals surface area (Å²) in [6.45, 7) is 11.9. The van der Waals surface area contributed by atoms with E-state index in [0.29, 0.717) is 32.0 Å². The summed E-state index contributed by atoms with van der Waals surface area (Å²) < 4.78 is 15.5. The molecule has 0 rings (SSSR count). The molecule has 0 aliphatic heterocycles. The minimum absolute atomic E-state index is 0.261. The quantitative estimate of drug-likeness (QED) is 0.231. The van der Waals surface area contributed by atoms with E-state index in [9.17, 15) is 4.79 Å². The van der Waals surface area contributed by atoms with Crippen molar-refractivity contribution in [3.05, 3.63) is 12.2 Å². The molecule has 0 bridgehead atoms. The van der Waals surface area contributed by atoms with E-state index >= 15 is 0 Å². The van der Waals surface area contributed by atoms with Crippen molar-refractivity contribution < 1.29 is 19.0 Å². The number of carbonyl (C=O) groups excluding carboxylic acids is 1. The Hall–Kier alpha value is -1.20. The van der Waals surface area contributed by atoms with Gasteiger partial charge in [0.15, 0.2) is 0 Å². The lowest BCUT2D eigenvalue weighted by Crippen LogP contribution is -2.12. The van der Waals surface area contributed by atoms with Gasteiger partial charge >= 0.3 is 5.97 Å². The predicted molar refractivity (Wildman–Crippen MR) is 71.1 cm³/mol. The summed E-state index contributed by atoms with van der Waals surface area (Å²) in [5, 5.41) is 0. The first kappa shape index (κ1) is 16.8. The zero-order chi connectivity index (χ0) is 13.6. The molecule has 0 unspecified atom stereocenters. The minimum Gasteiger partial charge on any atom is -0.460 e. The molecule has 0 saturated heterocycles. The minimum atomic E-state index is -0.377. The van der Waals surface area contributed by atoms with Crippen molar-refractivity contribution in [2.45, 2.75) is 19.8 Å². The zero-order valence-corrected chi connectivity index (χ0v) is 11.2. The van der Waals surface area contributed by atoms with E-state index in [1.165, 1.54) is 0 Å². The fourth-order valence-corrected chi connectivity index (χ4v) is 1.06. The molecule has 0 aromatic carbocycles. The van der Waals surface area contributed by atoms with Crippen molar-refractivity contribution in [1.29, 1.82) is 0 Å². The average molecular weight is 257 g/mol. The first-order chi connectivity index (χ1) is 8.68. The van der Waals surface area contributed by atoms with Gasteiger partial charge in [-0.05, 0) is 26.5 Å². The third kappa shape index (κ3) is 11.3. The second kappa shape index (κ2) is 12.3. The Morgan fingerprint density at radius 3 is 2.28 bits per heavy atom. The lowest BCUT2D eigenvalue weighted by Gasteiger charge is -2.06. The van der Waals surface area contributed by atoms with Gasteiger partial charge in [-0.1, -0.05) is 6.58 Å². The van der Waals surface area contributed by atoms with Crippen LogP contribution < -0.4 is 0 Å². The van der Waals surface area contributed by atoms with Crippen molar-refractivity contribution in [2.24, 2.45) is 4.99 Å². The standard InChI is InChI=1S/C13H23NO4/c1-12(2)13(15)18-11-10-17-9-5-8-16-7-4-6-14-3/h1,3-11H2,2H3. The van der Waals surface area contributed by atoms with E-state index < -0.39 is 0 Å². The molecule has 104 valence electrons. The molecule has 0 aliphatic carbocycles. The van der Waals surface area contributed by atoms with Crippen molar-refractivity contribution in [3.8, 4) is 0 Å². The Bertz CT molecular complexity index is 253. The number of ether oxygens (including phenoxy) is 3. The normalized spacial score (nSPS) is 10.1. The summed E-state index contributed by atoms with van der Waals surface area (Å²) in [4.78, 5) is 14.7. The Balaban J connectivity index is 3.10. The summed E-state index contributed by atoms with van der Waals surface area (Å²) in [5.74, 6) is -0.377. The van der Waals surface area contributed by atoms with Gasteiger partial charge in [-0.15, -0.1) is 0 Å². The van der Waals surface area contributed by atoms with Gasteiger partial charge in [-0.25, -0.2) is 4.79 Å². The largest absolute Gasteiger partial charge is 0.460 e. The first-order valence-corrected chi connectivity index (χ1v) is 6.09. The molecule has 0 amide bonds. The van der Waals surface area contributed by atoms with Gasteiger partial charge < -0.3 is 19.2 Å². The van der Waals surface area contributed by atoms with Crippen LogP contribution in [0.4, 0.5) is 0 Å². The maximum atomic E-state index is 11.0. The van der Waals surface area contributed by atoms with Crippen LogP contribution in [0.3, 0.4) is 0 Å². The molecule has 0 aliphatic rings. The molecule has 0 saturated carbocycles. The van der Waals surface area contributed by atoms with Crippen molar-refractivity contribution in [1.82, 2.24) is 0 Å². The van der Waals surface area contributed by atoms with Crippen LogP contribution in [-0.2, 0) is 19.0 Å². The Labute approximate surface area is 109 Å². The van der Waals surface area contributed by atoms with E-state index in [2.05, 4.69) is 18.3 Å². The highest BCUT2D eigenvalue weighted by Crippen LogP contribution is 1.92. The number of esters is 1. The van der Waals surface area contributed by atoms with Gasteiger partial charge in [-0.3, -0.25) is 0 Å². The lowest BCUT2D eigenvalue weighted by atomic mass is 10.4. The number of carbonyl (C=O) groups is 1. The molecule has 0 radical (unpaired) electrons. The molecule has 0 heterocycles. The number of hydrogen-bond acceptors (Lipinski definition) is 5. The molecule has 0 spiro atoms. The highest BCUT2D eigenvalue weighted by Gasteiger charge is 2.01. The van der Waals surface area contributed by atoms with Gasteiger partial charge in [0.2, 0.25) is 0 Å². The van der Waals surface area contributed by atoms with E-state index in [-0.39, 0.29) is 12.6 Å². The maximum absolute atomic E-state index is 11.0. The molecule has 0 fully saturated rings. The predicted octanol–water partition coefficient (Wildman–Crippen LogP) is 1.62. The molecular formula is C13H23NO4. The summed E-state index contributed by atoms with van der Waals surface area (Å²) in [5.41, 5.74) is 0.400. The molecule has 0 aromatic heterocycles. The monoisotopic (exact) mass is 257 g/mol. The Morgan fingerprint density at radius 2 is 1.67 bits per heavy atom. The van der Waals surface area contributed by atoms with Gasteiger partial charge in [-0.2, -0.15) is 0 Å². The number of nitrogens with zero attached hydrogens (tertiary/aromatic N) is 1. The van der Waals surface area contributed by atoms with Crippen LogP contribution in [0, 0.1) is 0 Å². The molecule has 0 atom stereocenters. The smallest absolute Gasteiger partial charge is 0.333 e. The number of rotatable bonds is 12. The molecular weight excluding hydrogens is 234 g/mol. The third-order valence-corrected chi connectivity index (χ3v) is 1.99. The number of hydrogen-bond donors (Lipinski definition) is 0. The van der Waals surface area contributed by atoms with Crippen molar-refractivity contribution >= 4 is 12.7 Å². The van der Waals surface area contributed by atoms with Crippen LogP contribution in [-0.4, -0.2) is 52.3 Å². The number of aliphatic imine (C=N–C) groups is 1. The zero-order valence-electron chi connectivity index (χ0n) is 11.2. The summed E-state index contributed by atoms with van der Waals surface area (Å²) >= 11 is 0. The Kier molecular flexibility index (Phi) is 11.4. The van der Waals surface area contributed by atoms with Crippen LogP contribution >= 0.6 is 0 Å². The van der Waals surface area contributed by atoms with Crippen LogP contribution in [0.15, 0.2) is 17.1 Å². The van der Waals surface area contributed by atoms with Gasteiger partial charge in [0.05, 0.1) is 6.61 Å². The van der Waals surface area contributed by atoms with Crippen molar-refractivity contribution in [3.63, 3.8) is 0 Å². The molecule has 18 heavy (non-hydrogen) atoms. The fraction of sp³-hybridized carbons (Fsp3) is 0.692. The fourth-order valence-electron chi connectivity index (χ4n) is 1.06. The highest BCUT2D eigenvalue weighted by atomic mass is 16.6. The first-order valence-electron chi connectivity index (χ1n) is 6.09. The molecule has 5 nitrogen and oxygen atoms in total. The van der Waals surface area contributed by atoms with E-state index in [1.807, 2.05) is 0 Å². The Morgan fingerprint density at radius 1 is 1.06 bits per heavy atom. The van der Waals surface area contributed by atoms with Gasteiger partial charge in [0, 0.05) is 31.9 Å². The summed E-state index contributed by atoms with van der Waals surface area (Å²) in [6, 6.07) is 0. The third-order valence-electron chi connectivity index (χ3n) is 1.99. The van der Waals surface area contributed by atoms with Gasteiger partial charge in [0.25, 0.3) is 0 Å². The van der Waals surface area contributed by atoms with Crippen LogP contribution in [0.2, 0.25) is 0 Å². The van der Waals surface area contributed by atoms with E-state index in [1.54, 1.807) is 6.92 Å². The summed E-state index contributed by atoms with van der Waals surface area (Å²) in [7, 11) is 0. The SMILES string of the molecule is C=NCCCOCCCOCCOC(=O)C(=C)C. The van der Waals surface area contributed by atoms with E-state index in [0.717, 1.165) is 19.4 Å². The molecule has 0 aromatic rings. The molecule has 5 heteroatoms. The molecule has 0 N–H and O–H groups in total. The van der Waals surface area contributed by atoms with Crippen LogP contribution in [0.1, 0.15) is 19.8 Å². The van der Waals surface area contributed by atoms with Gasteiger partial charge in [0.1, 0.15) is 6.61 Å². The second-order valence-corrected chi connectivity index (χ2v) is 3.80. The van der Waals surface area contributed by atoms with Crippen LogP contribution in [0.5, 0.6) is 0 Å². The maximum Gasteiger partial charge on any atom is 0.333 e. The second-order valence-electron chi connectivity index (χ2n) is 3.80. The van der Waals surface area contributed by atoms with E-state index in [4.69, 9.17) is 14.2 Å². The highest BCUT2D eigenvalue weighted by molar-refractivity contribution is 5.86. The van der Waals surface area contributed by atoms with Crippen LogP contribution in [0.25, 0.3) is 0 Å².